The Morgan fingerprint density at radius 2 is 1.93 bits per heavy atom. The molecule has 6 nitrogen and oxygen atoms in total. The average Bonchev–Trinajstić information content (AvgIpc) is 2.59. The third kappa shape index (κ3) is 1.35. The van der Waals surface area contributed by atoms with Crippen LogP contribution in [0.1, 0.15) is 0 Å². The number of fused-ring (bicyclic) bond motifs is 1. The Morgan fingerprint density at radius 3 is 2.57 bits per heavy atom. The molecule has 0 aliphatic rings. The van der Waals surface area contributed by atoms with Crippen molar-refractivity contribution >= 4 is 11.2 Å². The van der Waals surface area contributed by atoms with E-state index in [1.54, 1.807) is 7.05 Å². The molecule has 2 rings (SSSR count). The SMILES string of the molecule is Cn1c(=O)c2[nH][c-]nc2n(C)c1=O.[Na+]. The van der Waals surface area contributed by atoms with Gasteiger partial charge in [0, 0.05) is 26.1 Å². The second kappa shape index (κ2) is 3.72. The monoisotopic (exact) mass is 202 g/mol. The molecule has 7 heteroatoms. The van der Waals surface area contributed by atoms with Crippen LogP contribution < -0.4 is 40.8 Å². The number of aryl methyl sites for hydroxylation is 1. The number of aromatic nitrogens is 4. The van der Waals surface area contributed by atoms with Crippen LogP contribution in [0.15, 0.2) is 9.59 Å². The first kappa shape index (κ1) is 11.2. The van der Waals surface area contributed by atoms with E-state index in [1.165, 1.54) is 11.6 Å². The molecule has 0 amide bonds. The van der Waals surface area contributed by atoms with E-state index in [1.807, 2.05) is 0 Å². The summed E-state index contributed by atoms with van der Waals surface area (Å²) >= 11 is 0. The number of hydrogen-bond donors (Lipinski definition) is 1. The van der Waals surface area contributed by atoms with Crippen LogP contribution in [0.25, 0.3) is 11.2 Å². The van der Waals surface area contributed by atoms with Gasteiger partial charge in [0.05, 0.1) is 0 Å². The number of nitrogens with zero attached hydrogens (tertiary/aromatic N) is 3. The summed E-state index contributed by atoms with van der Waals surface area (Å²) in [6, 6.07) is 0. The molecule has 0 saturated carbocycles. The Balaban J connectivity index is 0.000000980. The molecule has 0 saturated heterocycles. The van der Waals surface area contributed by atoms with Gasteiger partial charge in [0.2, 0.25) is 5.56 Å². The molecule has 0 spiro atoms. The quantitative estimate of drug-likeness (QED) is 0.347. The minimum Gasteiger partial charge on any atom is -0.455 e. The third-order valence-electron chi connectivity index (χ3n) is 1.98. The molecular formula is C7H7N4NaO2. The van der Waals surface area contributed by atoms with E-state index in [0.717, 1.165) is 4.57 Å². The van der Waals surface area contributed by atoms with Gasteiger partial charge in [0.15, 0.2) is 0 Å². The van der Waals surface area contributed by atoms with Crippen molar-refractivity contribution in [3.63, 3.8) is 0 Å². The van der Waals surface area contributed by atoms with Gasteiger partial charge in [-0.05, 0) is 5.52 Å². The Kier molecular flexibility index (Phi) is 2.98. The first-order valence-corrected chi connectivity index (χ1v) is 3.64. The molecule has 0 unspecified atom stereocenters. The number of rotatable bonds is 0. The molecule has 2 heterocycles. The Bertz CT molecular complexity index is 579. The van der Waals surface area contributed by atoms with Crippen LogP contribution in [-0.2, 0) is 14.1 Å². The van der Waals surface area contributed by atoms with Crippen molar-refractivity contribution in [2.24, 2.45) is 14.1 Å². The van der Waals surface area contributed by atoms with Gasteiger partial charge in [0.1, 0.15) is 0 Å². The maximum Gasteiger partial charge on any atom is 1.00 e. The van der Waals surface area contributed by atoms with Gasteiger partial charge >= 0.3 is 35.2 Å². The molecular weight excluding hydrogens is 195 g/mol. The van der Waals surface area contributed by atoms with Gasteiger partial charge in [-0.15, -0.1) is 0 Å². The molecule has 0 aromatic carbocycles. The van der Waals surface area contributed by atoms with E-state index >= 15 is 0 Å². The zero-order valence-corrected chi connectivity index (χ0v) is 10.2. The van der Waals surface area contributed by atoms with Crippen molar-refractivity contribution in [3.05, 3.63) is 27.2 Å². The second-order valence-corrected chi connectivity index (χ2v) is 2.75. The Hall–Kier alpha value is -0.850. The van der Waals surface area contributed by atoms with Crippen LogP contribution in [-0.4, -0.2) is 19.1 Å². The normalized spacial score (nSPS) is 10.1. The average molecular weight is 202 g/mol. The summed E-state index contributed by atoms with van der Waals surface area (Å²) in [5.41, 5.74) is -0.150. The maximum atomic E-state index is 11.4. The summed E-state index contributed by atoms with van der Waals surface area (Å²) in [5.74, 6) is 0. The van der Waals surface area contributed by atoms with E-state index < -0.39 is 5.69 Å². The fraction of sp³-hybridized carbons (Fsp3) is 0.286. The molecule has 0 radical (unpaired) electrons. The second-order valence-electron chi connectivity index (χ2n) is 2.75. The Morgan fingerprint density at radius 1 is 1.29 bits per heavy atom. The molecule has 0 aliphatic carbocycles. The van der Waals surface area contributed by atoms with Crippen molar-refractivity contribution < 1.29 is 29.6 Å². The van der Waals surface area contributed by atoms with Crippen LogP contribution in [0.3, 0.4) is 0 Å². The minimum absolute atomic E-state index is 0. The smallest absolute Gasteiger partial charge is 0.455 e. The van der Waals surface area contributed by atoms with Crippen LogP contribution in [0.4, 0.5) is 0 Å². The number of nitrogens with one attached hydrogen (secondary N) is 1. The Labute approximate surface area is 101 Å². The van der Waals surface area contributed by atoms with Crippen molar-refractivity contribution in [1.29, 1.82) is 0 Å². The van der Waals surface area contributed by atoms with Crippen molar-refractivity contribution in [1.82, 2.24) is 19.1 Å². The van der Waals surface area contributed by atoms with E-state index in [9.17, 15) is 9.59 Å². The largest absolute Gasteiger partial charge is 1.00 e. The molecule has 2 aromatic rings. The number of H-pyrrole nitrogens is 1. The zero-order valence-electron chi connectivity index (χ0n) is 8.16. The standard InChI is InChI=1S/C7H7N4O2.Na/c1-10-5-4(8-3-9-5)6(12)11(2)7(10)13;/h1-2H3,(H,8,9);/q-1;+1. The van der Waals surface area contributed by atoms with E-state index in [4.69, 9.17) is 0 Å². The molecule has 14 heavy (non-hydrogen) atoms. The molecule has 2 aromatic heterocycles. The van der Waals surface area contributed by atoms with E-state index in [-0.39, 0.29) is 35.1 Å². The number of hydrogen-bond acceptors (Lipinski definition) is 3. The van der Waals surface area contributed by atoms with Gasteiger partial charge in [-0.2, -0.15) is 0 Å². The van der Waals surface area contributed by atoms with Gasteiger partial charge < -0.3 is 14.5 Å². The van der Waals surface area contributed by atoms with Gasteiger partial charge in [-0.3, -0.25) is 9.36 Å². The summed E-state index contributed by atoms with van der Waals surface area (Å²) in [6.45, 7) is 0. The molecule has 0 atom stereocenters. The first-order chi connectivity index (χ1) is 6.13. The number of imidazole rings is 1. The van der Waals surface area contributed by atoms with Gasteiger partial charge in [0.25, 0.3) is 0 Å². The van der Waals surface area contributed by atoms with Crippen LogP contribution in [0.5, 0.6) is 0 Å². The molecule has 0 bridgehead atoms. The molecule has 0 fully saturated rings. The fourth-order valence-corrected chi connectivity index (χ4v) is 1.21. The van der Waals surface area contributed by atoms with Crippen LogP contribution >= 0.6 is 0 Å². The molecule has 0 aliphatic heterocycles. The summed E-state index contributed by atoms with van der Waals surface area (Å²) < 4.78 is 2.32. The maximum absolute atomic E-state index is 11.4. The van der Waals surface area contributed by atoms with Crippen molar-refractivity contribution in [3.8, 4) is 0 Å². The van der Waals surface area contributed by atoms with Gasteiger partial charge in [-0.1, -0.05) is 0 Å². The van der Waals surface area contributed by atoms with Crippen molar-refractivity contribution in [2.45, 2.75) is 0 Å². The minimum atomic E-state index is -0.391. The van der Waals surface area contributed by atoms with Crippen LogP contribution in [0, 0.1) is 6.33 Å². The fourth-order valence-electron chi connectivity index (χ4n) is 1.21. The summed E-state index contributed by atoms with van der Waals surface area (Å²) in [6.07, 6.45) is 2.43. The summed E-state index contributed by atoms with van der Waals surface area (Å²) in [5, 5.41) is 0. The van der Waals surface area contributed by atoms with E-state index in [0.29, 0.717) is 11.2 Å². The summed E-state index contributed by atoms with van der Waals surface area (Å²) in [4.78, 5) is 29.1. The predicted octanol–water partition coefficient (Wildman–Crippen LogP) is -4.24. The first-order valence-electron chi connectivity index (χ1n) is 3.64. The molecule has 68 valence electrons. The zero-order chi connectivity index (χ0) is 9.59. The predicted molar refractivity (Wildman–Crippen MR) is 45.4 cm³/mol. The third-order valence-corrected chi connectivity index (χ3v) is 1.98. The molecule has 1 N–H and O–H groups in total. The van der Waals surface area contributed by atoms with Crippen molar-refractivity contribution in [2.75, 3.05) is 0 Å². The summed E-state index contributed by atoms with van der Waals surface area (Å²) in [7, 11) is 2.98. The topological polar surface area (TPSA) is 72.7 Å². The van der Waals surface area contributed by atoms with Crippen LogP contribution in [0.2, 0.25) is 0 Å². The van der Waals surface area contributed by atoms with Gasteiger partial charge in [-0.25, -0.2) is 4.79 Å². The number of aromatic amines is 1. The van der Waals surface area contributed by atoms with E-state index in [2.05, 4.69) is 16.3 Å².